The van der Waals surface area contributed by atoms with Gasteiger partial charge in [-0.15, -0.1) is 11.3 Å². The number of benzene rings is 1. The van der Waals surface area contributed by atoms with Crippen LogP contribution in [0.25, 0.3) is 0 Å². The Kier molecular flexibility index (Phi) is 4.05. The van der Waals surface area contributed by atoms with E-state index >= 15 is 0 Å². The summed E-state index contributed by atoms with van der Waals surface area (Å²) in [6, 6.07) is 9.70. The molecule has 0 spiro atoms. The summed E-state index contributed by atoms with van der Waals surface area (Å²) in [5, 5.41) is 1.79. The van der Waals surface area contributed by atoms with Crippen LogP contribution in [-0.2, 0) is 14.3 Å². The molecule has 156 valence electrons. The molecular formula is C24H19NO5S. The van der Waals surface area contributed by atoms with Crippen LogP contribution in [0, 0.1) is 35.5 Å². The van der Waals surface area contributed by atoms with E-state index in [0.29, 0.717) is 22.4 Å². The molecule has 2 aromatic rings. The minimum atomic E-state index is -0.619. The Hall–Kier alpha value is -3.06. The van der Waals surface area contributed by atoms with Crippen LogP contribution < -0.4 is 4.90 Å². The van der Waals surface area contributed by atoms with Gasteiger partial charge in [0, 0.05) is 0 Å². The second kappa shape index (κ2) is 6.72. The summed E-state index contributed by atoms with van der Waals surface area (Å²) in [5.41, 5.74) is 0.742. The van der Waals surface area contributed by atoms with Gasteiger partial charge in [0.2, 0.25) is 17.6 Å². The number of carbonyl (C=O) groups is 4. The van der Waals surface area contributed by atoms with E-state index in [1.807, 2.05) is 0 Å². The molecule has 2 saturated carbocycles. The zero-order valence-corrected chi connectivity index (χ0v) is 17.3. The third-order valence-corrected chi connectivity index (χ3v) is 8.07. The van der Waals surface area contributed by atoms with Crippen LogP contribution in [0.1, 0.15) is 26.5 Å². The van der Waals surface area contributed by atoms with Crippen molar-refractivity contribution in [3.63, 3.8) is 0 Å². The zero-order chi connectivity index (χ0) is 21.3. The first-order valence-corrected chi connectivity index (χ1v) is 11.3. The Morgan fingerprint density at radius 3 is 2.19 bits per heavy atom. The molecule has 1 aromatic heterocycles. The summed E-state index contributed by atoms with van der Waals surface area (Å²) in [6.45, 7) is -0.328. The fourth-order valence-electron chi connectivity index (χ4n) is 5.68. The molecule has 5 aliphatic rings. The summed E-state index contributed by atoms with van der Waals surface area (Å²) < 4.78 is 5.11. The van der Waals surface area contributed by atoms with Crippen LogP contribution in [-0.4, -0.2) is 30.2 Å². The zero-order valence-electron chi connectivity index (χ0n) is 16.5. The summed E-state index contributed by atoms with van der Waals surface area (Å²) in [4.78, 5) is 52.4. The van der Waals surface area contributed by atoms with Gasteiger partial charge in [-0.25, -0.2) is 4.79 Å². The maximum Gasteiger partial charge on any atom is 0.338 e. The lowest BCUT2D eigenvalue weighted by molar-refractivity contribution is -0.124. The highest BCUT2D eigenvalue weighted by molar-refractivity contribution is 7.12. The number of anilines is 1. The number of ether oxygens (including phenoxy) is 1. The maximum absolute atomic E-state index is 13.2. The molecule has 3 fully saturated rings. The fourth-order valence-corrected chi connectivity index (χ4v) is 6.33. The van der Waals surface area contributed by atoms with E-state index in [0.717, 1.165) is 6.42 Å². The molecule has 2 heterocycles. The molecule has 31 heavy (non-hydrogen) atoms. The van der Waals surface area contributed by atoms with Gasteiger partial charge in [-0.05, 0) is 65.8 Å². The average Bonchev–Trinajstić information content (AvgIpc) is 3.36. The first-order chi connectivity index (χ1) is 15.0. The van der Waals surface area contributed by atoms with Crippen molar-refractivity contribution >= 4 is 40.6 Å². The van der Waals surface area contributed by atoms with Gasteiger partial charge < -0.3 is 4.74 Å². The quantitative estimate of drug-likeness (QED) is 0.313. The molecule has 4 aliphatic carbocycles. The van der Waals surface area contributed by atoms with Crippen LogP contribution in [0.2, 0.25) is 0 Å². The number of hydrogen-bond acceptors (Lipinski definition) is 6. The molecule has 7 rings (SSSR count). The highest BCUT2D eigenvalue weighted by atomic mass is 32.1. The molecule has 0 radical (unpaired) electrons. The Balaban J connectivity index is 1.16. The van der Waals surface area contributed by atoms with Crippen LogP contribution in [0.15, 0.2) is 53.9 Å². The summed E-state index contributed by atoms with van der Waals surface area (Å²) in [6.07, 6.45) is 5.41. The van der Waals surface area contributed by atoms with E-state index < -0.39 is 5.97 Å². The second-order valence-electron chi connectivity index (χ2n) is 8.69. The van der Waals surface area contributed by atoms with Gasteiger partial charge in [-0.3, -0.25) is 19.3 Å². The third kappa shape index (κ3) is 2.76. The number of Topliss-reactive ketones (excluding diaryl/α,β-unsaturated/α-hetero) is 1. The standard InChI is InChI=1S/C24H19NO5S/c26-18(19-2-1-9-31-19)11-30-24(29)12-3-5-13(6-4-12)25-22(27)20-14-7-8-15(17-10-16(14)17)21(20)23(25)28/h1-9,14-17,20-21H,10-11H2/t14-,15-,16-,17+,20+,21+/m0/s1. The molecule has 0 unspecified atom stereocenters. The number of amides is 2. The highest BCUT2D eigenvalue weighted by Crippen LogP contribution is 2.65. The molecule has 2 amide bonds. The molecule has 1 aliphatic heterocycles. The van der Waals surface area contributed by atoms with Gasteiger partial charge in [0.1, 0.15) is 0 Å². The number of carbonyl (C=O) groups excluding carboxylic acids is 4. The Morgan fingerprint density at radius 1 is 0.968 bits per heavy atom. The Labute approximate surface area is 182 Å². The van der Waals surface area contributed by atoms with Crippen LogP contribution in [0.3, 0.4) is 0 Å². The van der Waals surface area contributed by atoms with Gasteiger partial charge in [0.25, 0.3) is 0 Å². The number of ketones is 1. The lowest BCUT2D eigenvalue weighted by Gasteiger charge is -2.37. The van der Waals surface area contributed by atoms with Gasteiger partial charge in [-0.2, -0.15) is 0 Å². The predicted molar refractivity (Wildman–Crippen MR) is 113 cm³/mol. The molecule has 1 saturated heterocycles. The van der Waals surface area contributed by atoms with E-state index in [-0.39, 0.29) is 53.4 Å². The second-order valence-corrected chi connectivity index (χ2v) is 9.64. The van der Waals surface area contributed by atoms with E-state index in [4.69, 9.17) is 4.74 Å². The van der Waals surface area contributed by atoms with Crippen LogP contribution in [0.4, 0.5) is 5.69 Å². The maximum atomic E-state index is 13.2. The monoisotopic (exact) mass is 433 g/mol. The highest BCUT2D eigenvalue weighted by Gasteiger charge is 2.67. The molecule has 7 heteroatoms. The predicted octanol–water partition coefficient (Wildman–Crippen LogP) is 3.35. The number of nitrogens with zero attached hydrogens (tertiary/aromatic N) is 1. The number of esters is 1. The summed E-state index contributed by atoms with van der Waals surface area (Å²) in [5.74, 6) is -0.160. The van der Waals surface area contributed by atoms with Crippen molar-refractivity contribution in [2.75, 3.05) is 11.5 Å². The van der Waals surface area contributed by atoms with E-state index in [9.17, 15) is 19.2 Å². The van der Waals surface area contributed by atoms with E-state index in [1.54, 1.807) is 29.6 Å². The van der Waals surface area contributed by atoms with E-state index in [1.165, 1.54) is 28.4 Å². The number of thiophene rings is 1. The average molecular weight is 433 g/mol. The van der Waals surface area contributed by atoms with Crippen LogP contribution in [0.5, 0.6) is 0 Å². The lowest BCUT2D eigenvalue weighted by atomic mass is 9.63. The smallest absolute Gasteiger partial charge is 0.338 e. The molecule has 6 nitrogen and oxygen atoms in total. The molecule has 0 N–H and O–H groups in total. The van der Waals surface area contributed by atoms with Crippen molar-refractivity contribution in [3.05, 3.63) is 64.4 Å². The van der Waals surface area contributed by atoms with E-state index in [2.05, 4.69) is 12.2 Å². The topological polar surface area (TPSA) is 80.8 Å². The third-order valence-electron chi connectivity index (χ3n) is 7.15. The summed E-state index contributed by atoms with van der Waals surface area (Å²) in [7, 11) is 0. The lowest BCUT2D eigenvalue weighted by Crippen LogP contribution is -2.40. The van der Waals surface area contributed by atoms with Gasteiger partial charge >= 0.3 is 5.97 Å². The number of imide groups is 1. The normalized spacial score (nSPS) is 32.1. The van der Waals surface area contributed by atoms with Crippen molar-refractivity contribution < 1.29 is 23.9 Å². The van der Waals surface area contributed by atoms with Gasteiger partial charge in [0.05, 0.1) is 28.0 Å². The summed E-state index contributed by atoms with van der Waals surface area (Å²) >= 11 is 1.30. The first kappa shape index (κ1) is 18.7. The largest absolute Gasteiger partial charge is 0.454 e. The van der Waals surface area contributed by atoms with Crippen molar-refractivity contribution in [2.24, 2.45) is 35.5 Å². The van der Waals surface area contributed by atoms with Crippen molar-refractivity contribution in [2.45, 2.75) is 6.42 Å². The molecule has 2 bridgehead atoms. The SMILES string of the molecule is O=C(OCC(=O)c1cccs1)c1ccc(N2C(=O)[C@@H]3[C@H]4C=C[C@@H]([C@@H]5C[C@H]45)[C@H]3C2=O)cc1. The Bertz CT molecular complexity index is 1100. The van der Waals surface area contributed by atoms with Crippen molar-refractivity contribution in [3.8, 4) is 0 Å². The van der Waals surface area contributed by atoms with Gasteiger partial charge in [-0.1, -0.05) is 18.2 Å². The fraction of sp³-hybridized carbons (Fsp3) is 0.333. The molecular weight excluding hydrogens is 414 g/mol. The minimum Gasteiger partial charge on any atom is -0.454 e. The number of allylic oxidation sites excluding steroid dienone is 2. The number of hydrogen-bond donors (Lipinski definition) is 0. The van der Waals surface area contributed by atoms with Gasteiger partial charge in [0.15, 0.2) is 6.61 Å². The van der Waals surface area contributed by atoms with Crippen molar-refractivity contribution in [1.82, 2.24) is 0 Å². The molecule has 6 atom stereocenters. The number of rotatable bonds is 5. The van der Waals surface area contributed by atoms with Crippen molar-refractivity contribution in [1.29, 1.82) is 0 Å². The van der Waals surface area contributed by atoms with Crippen LogP contribution >= 0.6 is 11.3 Å². The molecule has 1 aromatic carbocycles. The first-order valence-electron chi connectivity index (χ1n) is 10.4. The minimum absolute atomic E-state index is 0.128. The Morgan fingerprint density at radius 2 is 1.61 bits per heavy atom.